The van der Waals surface area contributed by atoms with Crippen molar-refractivity contribution in [2.75, 3.05) is 5.73 Å². The van der Waals surface area contributed by atoms with Crippen molar-refractivity contribution in [2.24, 2.45) is 20.5 Å². The molecule has 4 rings (SSSR count). The first kappa shape index (κ1) is 30.4. The Morgan fingerprint density at radius 2 is 1.55 bits per heavy atom. The van der Waals surface area contributed by atoms with Gasteiger partial charge in [0, 0.05) is 5.41 Å². The van der Waals surface area contributed by atoms with Crippen molar-refractivity contribution < 1.29 is 35.3 Å². The molecule has 0 saturated heterocycles. The van der Waals surface area contributed by atoms with Gasteiger partial charge in [-0.05, 0) is 53.4 Å². The van der Waals surface area contributed by atoms with Gasteiger partial charge in [-0.1, -0.05) is 37.4 Å². The van der Waals surface area contributed by atoms with E-state index < -0.39 is 47.4 Å². The minimum Gasteiger partial charge on any atom is -0.505 e. The summed E-state index contributed by atoms with van der Waals surface area (Å²) in [6, 6.07) is 15.1. The van der Waals surface area contributed by atoms with Crippen molar-refractivity contribution in [1.29, 1.82) is 0 Å². The number of hydrogen-bond acceptors (Lipinski definition) is 11. The summed E-state index contributed by atoms with van der Waals surface area (Å²) in [7, 11) is -8.69. The van der Waals surface area contributed by atoms with E-state index in [0.717, 1.165) is 11.5 Å². The van der Waals surface area contributed by atoms with Crippen molar-refractivity contribution in [3.05, 3.63) is 90.9 Å². The Kier molecular flexibility index (Phi) is 8.46. The van der Waals surface area contributed by atoms with Gasteiger partial charge in [0.05, 0.1) is 32.2 Å². The number of nitrogens with two attached hydrogens (primary N) is 1. The summed E-state index contributed by atoms with van der Waals surface area (Å²) in [5, 5.41) is 27.6. The lowest BCUT2D eigenvalue weighted by atomic mass is 10.1. The first-order valence-corrected chi connectivity index (χ1v) is 15.6. The average molecular weight is 628 g/mol. The van der Waals surface area contributed by atoms with Crippen LogP contribution in [-0.4, -0.2) is 35.3 Å². The second kappa shape index (κ2) is 11.7. The Morgan fingerprint density at radius 1 is 0.905 bits per heavy atom. The third-order valence-corrected chi connectivity index (χ3v) is 8.67. The SMILES string of the molecule is C=CS(=O)(=O)c1cccc(N=Nc2c(S(=O)(=O)O)cc3ccc(N=Nc4cccc(C(=C)S(=O)O)c4)c(O)c3c2N)c1. The van der Waals surface area contributed by atoms with Gasteiger partial charge in [0.1, 0.15) is 16.3 Å². The lowest BCUT2D eigenvalue weighted by Crippen LogP contribution is -2.01. The van der Waals surface area contributed by atoms with Gasteiger partial charge in [0.2, 0.25) is 0 Å². The van der Waals surface area contributed by atoms with Gasteiger partial charge in [-0.25, -0.2) is 12.6 Å². The zero-order valence-electron chi connectivity index (χ0n) is 21.3. The second-order valence-electron chi connectivity index (χ2n) is 8.48. The molecule has 0 spiro atoms. The third kappa shape index (κ3) is 6.32. The normalized spacial score (nSPS) is 13.1. The van der Waals surface area contributed by atoms with Gasteiger partial charge >= 0.3 is 0 Å². The summed E-state index contributed by atoms with van der Waals surface area (Å²) in [5.41, 5.74) is 5.88. The number of benzene rings is 4. The molecule has 1 unspecified atom stereocenters. The number of phenolic OH excluding ortho intramolecular Hbond substituents is 1. The maximum Gasteiger partial charge on any atom is 0.296 e. The van der Waals surface area contributed by atoms with Crippen LogP contribution in [0, 0.1) is 0 Å². The molecule has 13 nitrogen and oxygen atoms in total. The molecule has 0 fully saturated rings. The van der Waals surface area contributed by atoms with Crippen molar-refractivity contribution in [3.8, 4) is 5.75 Å². The van der Waals surface area contributed by atoms with Crippen LogP contribution in [0.15, 0.2) is 116 Å². The molecule has 5 N–H and O–H groups in total. The number of fused-ring (bicyclic) bond motifs is 1. The molecule has 0 aromatic heterocycles. The fourth-order valence-corrected chi connectivity index (χ4v) is 5.47. The molecular formula is C26H21N5O8S3. The van der Waals surface area contributed by atoms with Crippen LogP contribution in [-0.2, 0) is 31.0 Å². The summed E-state index contributed by atoms with van der Waals surface area (Å²) < 4.78 is 79.0. The number of anilines is 1. The quantitative estimate of drug-likeness (QED) is 0.0704. The first-order valence-electron chi connectivity index (χ1n) is 11.5. The Hall–Kier alpha value is -4.61. The summed E-state index contributed by atoms with van der Waals surface area (Å²) in [6.45, 7) is 6.80. The summed E-state index contributed by atoms with van der Waals surface area (Å²) in [6.07, 6.45) is 0. The molecule has 1 atom stereocenters. The van der Waals surface area contributed by atoms with E-state index in [1.807, 2.05) is 0 Å². The molecule has 0 aliphatic heterocycles. The Balaban J connectivity index is 1.83. The van der Waals surface area contributed by atoms with Crippen LogP contribution in [0.1, 0.15) is 5.56 Å². The zero-order valence-corrected chi connectivity index (χ0v) is 23.8. The molecule has 0 amide bonds. The number of rotatable bonds is 9. The number of hydrogen-bond donors (Lipinski definition) is 4. The average Bonchev–Trinajstić information content (AvgIpc) is 2.95. The Labute approximate surface area is 242 Å². The van der Waals surface area contributed by atoms with Crippen molar-refractivity contribution >= 4 is 75.2 Å². The van der Waals surface area contributed by atoms with E-state index in [0.29, 0.717) is 5.56 Å². The highest BCUT2D eigenvalue weighted by Crippen LogP contribution is 2.45. The summed E-state index contributed by atoms with van der Waals surface area (Å²) in [5.74, 6) is -0.497. The first-order chi connectivity index (χ1) is 19.7. The lowest BCUT2D eigenvalue weighted by Gasteiger charge is -2.12. The molecule has 42 heavy (non-hydrogen) atoms. The van der Waals surface area contributed by atoms with E-state index >= 15 is 0 Å². The van der Waals surface area contributed by atoms with Gasteiger partial charge in [0.25, 0.3) is 10.1 Å². The van der Waals surface area contributed by atoms with Crippen LogP contribution >= 0.6 is 0 Å². The molecule has 0 radical (unpaired) electrons. The Bertz CT molecular complexity index is 2080. The van der Waals surface area contributed by atoms with Crippen LogP contribution in [0.5, 0.6) is 5.75 Å². The molecule has 0 saturated carbocycles. The van der Waals surface area contributed by atoms with E-state index in [9.17, 15) is 35.3 Å². The highest BCUT2D eigenvalue weighted by atomic mass is 32.2. The lowest BCUT2D eigenvalue weighted by molar-refractivity contribution is 0.481. The van der Waals surface area contributed by atoms with Crippen LogP contribution in [0.4, 0.5) is 28.4 Å². The van der Waals surface area contributed by atoms with Crippen molar-refractivity contribution in [3.63, 3.8) is 0 Å². The Morgan fingerprint density at radius 3 is 2.19 bits per heavy atom. The van der Waals surface area contributed by atoms with Crippen LogP contribution in [0.2, 0.25) is 0 Å². The second-order valence-corrected chi connectivity index (χ2v) is 12.8. The molecule has 16 heteroatoms. The molecular weight excluding hydrogens is 607 g/mol. The highest BCUT2D eigenvalue weighted by molar-refractivity contribution is 7.94. The van der Waals surface area contributed by atoms with Crippen molar-refractivity contribution in [1.82, 2.24) is 0 Å². The molecule has 216 valence electrons. The molecule has 0 bridgehead atoms. The standard InChI is InChI=1S/C26H21N5O8S3/c1-3-41(35,36)20-9-5-8-19(14-20)29-31-25-22(42(37,38)39)13-17-10-11-21(26(32)23(17)24(25)27)30-28-18-7-4-6-16(12-18)15(2)40(33)34/h3-14,32H,1-2,27H2,(H,33,34)(H,37,38,39). The number of nitrogen functional groups attached to an aromatic ring is 1. The van der Waals surface area contributed by atoms with E-state index in [1.54, 1.807) is 18.2 Å². The molecule has 0 aliphatic carbocycles. The number of aromatic hydroxyl groups is 1. The molecule has 4 aromatic carbocycles. The van der Waals surface area contributed by atoms with E-state index in [2.05, 4.69) is 33.6 Å². The van der Waals surface area contributed by atoms with Crippen LogP contribution in [0.25, 0.3) is 15.7 Å². The van der Waals surface area contributed by atoms with Gasteiger partial charge < -0.3 is 15.4 Å². The number of azo groups is 2. The maximum atomic E-state index is 12.2. The maximum absolute atomic E-state index is 12.2. The fourth-order valence-electron chi connectivity index (χ4n) is 3.72. The number of phenols is 1. The minimum absolute atomic E-state index is 0.0143. The topological polar surface area (TPSA) is 221 Å². The predicted octanol–water partition coefficient (Wildman–Crippen LogP) is 6.31. The van der Waals surface area contributed by atoms with E-state index in [-0.39, 0.29) is 43.3 Å². The smallest absolute Gasteiger partial charge is 0.296 e. The van der Waals surface area contributed by atoms with Gasteiger partial charge in [-0.15, -0.1) is 10.2 Å². The van der Waals surface area contributed by atoms with E-state index in [4.69, 9.17) is 5.73 Å². The monoisotopic (exact) mass is 627 g/mol. The largest absolute Gasteiger partial charge is 0.505 e. The highest BCUT2D eigenvalue weighted by Gasteiger charge is 2.23. The number of nitrogens with zero attached hydrogens (tertiary/aromatic N) is 4. The predicted molar refractivity (Wildman–Crippen MR) is 158 cm³/mol. The summed E-state index contributed by atoms with van der Waals surface area (Å²) >= 11 is -2.29. The molecule has 0 aliphatic rings. The van der Waals surface area contributed by atoms with Gasteiger partial charge in [-0.2, -0.15) is 18.6 Å². The molecule has 0 heterocycles. The molecule has 4 aromatic rings. The van der Waals surface area contributed by atoms with Gasteiger partial charge in [0.15, 0.2) is 26.7 Å². The summed E-state index contributed by atoms with van der Waals surface area (Å²) in [4.78, 5) is -0.889. The minimum atomic E-state index is -4.89. The third-order valence-electron chi connectivity index (χ3n) is 5.79. The van der Waals surface area contributed by atoms with Crippen LogP contribution in [0.3, 0.4) is 0 Å². The number of sulfone groups is 1. The van der Waals surface area contributed by atoms with Gasteiger partial charge in [-0.3, -0.25) is 4.55 Å². The van der Waals surface area contributed by atoms with Crippen molar-refractivity contribution in [2.45, 2.75) is 9.79 Å². The fraction of sp³-hybridized carbons (Fsp3) is 0. The van der Waals surface area contributed by atoms with E-state index in [1.165, 1.54) is 42.5 Å². The zero-order chi connectivity index (χ0) is 30.8. The van der Waals surface area contributed by atoms with Crippen LogP contribution < -0.4 is 5.73 Å².